The van der Waals surface area contributed by atoms with E-state index in [1.807, 2.05) is 0 Å². The van der Waals surface area contributed by atoms with Crippen molar-refractivity contribution in [1.82, 2.24) is 0 Å². The quantitative estimate of drug-likeness (QED) is 0.189. The molecule has 1 heterocycles. The topological polar surface area (TPSA) is 24.7 Å². The second-order valence-corrected chi connectivity index (χ2v) is 11.4. The molecule has 0 N–H and O–H groups in total. The number of benzene rings is 8. The van der Waals surface area contributed by atoms with Crippen LogP contribution in [0.4, 0.5) is 11.4 Å². The number of aliphatic imine (C=N–C) groups is 2. The molecular formula is C42H26N2. The summed E-state index contributed by atoms with van der Waals surface area (Å²) in [4.78, 5) is 10.8. The van der Waals surface area contributed by atoms with E-state index in [2.05, 4.69) is 158 Å². The Labute approximate surface area is 255 Å². The molecule has 204 valence electrons. The van der Waals surface area contributed by atoms with Crippen molar-refractivity contribution in [2.75, 3.05) is 0 Å². The Hall–Kier alpha value is -5.86. The lowest BCUT2D eigenvalue weighted by Gasteiger charge is -2.18. The van der Waals surface area contributed by atoms with Crippen LogP contribution in [0.5, 0.6) is 0 Å². The maximum absolute atomic E-state index is 5.39. The van der Waals surface area contributed by atoms with Crippen molar-refractivity contribution in [3.63, 3.8) is 0 Å². The van der Waals surface area contributed by atoms with E-state index < -0.39 is 0 Å². The fraction of sp³-hybridized carbons (Fsp3) is 0. The SMILES string of the molecule is c1ccc2c(c1)/N=C(/c1ccc3c(ccc4ccccc43)c1)c1ccccc1/N=C\2c1ccc2c(ccc3ccccc32)c1. The Morgan fingerprint density at radius 1 is 0.295 bits per heavy atom. The van der Waals surface area contributed by atoms with Crippen LogP contribution in [0.2, 0.25) is 0 Å². The molecule has 2 heteroatoms. The van der Waals surface area contributed by atoms with Crippen LogP contribution >= 0.6 is 0 Å². The van der Waals surface area contributed by atoms with Crippen molar-refractivity contribution >= 4 is 65.9 Å². The van der Waals surface area contributed by atoms with E-state index in [9.17, 15) is 0 Å². The molecule has 0 bridgehead atoms. The largest absolute Gasteiger partial charge is 0.247 e. The van der Waals surface area contributed by atoms with Crippen molar-refractivity contribution in [1.29, 1.82) is 0 Å². The minimum absolute atomic E-state index is 0.910. The van der Waals surface area contributed by atoms with Crippen LogP contribution in [0.3, 0.4) is 0 Å². The van der Waals surface area contributed by atoms with Gasteiger partial charge in [0.1, 0.15) is 0 Å². The smallest absolute Gasteiger partial charge is 0.0803 e. The zero-order valence-electron chi connectivity index (χ0n) is 23.9. The summed E-state index contributed by atoms with van der Waals surface area (Å²) in [6.07, 6.45) is 0. The van der Waals surface area contributed by atoms with Crippen molar-refractivity contribution in [3.05, 3.63) is 180 Å². The van der Waals surface area contributed by atoms with Crippen LogP contribution in [0.15, 0.2) is 168 Å². The first-order chi connectivity index (χ1) is 21.8. The summed E-state index contributed by atoms with van der Waals surface area (Å²) < 4.78 is 0. The maximum Gasteiger partial charge on any atom is 0.0803 e. The molecule has 0 saturated carbocycles. The fourth-order valence-corrected chi connectivity index (χ4v) is 6.66. The van der Waals surface area contributed by atoms with E-state index in [0.717, 1.165) is 45.1 Å². The maximum atomic E-state index is 5.39. The molecule has 0 radical (unpaired) electrons. The number of para-hydroxylation sites is 2. The van der Waals surface area contributed by atoms with Crippen LogP contribution in [0, 0.1) is 0 Å². The van der Waals surface area contributed by atoms with Crippen LogP contribution in [0.25, 0.3) is 43.1 Å². The first-order valence-corrected chi connectivity index (χ1v) is 15.0. The molecule has 0 amide bonds. The monoisotopic (exact) mass is 558 g/mol. The third kappa shape index (κ3) is 3.96. The Morgan fingerprint density at radius 2 is 0.682 bits per heavy atom. The highest BCUT2D eigenvalue weighted by Gasteiger charge is 2.20. The summed E-state index contributed by atoms with van der Waals surface area (Å²) in [7, 11) is 0. The van der Waals surface area contributed by atoms with E-state index in [4.69, 9.17) is 9.98 Å². The molecule has 0 aromatic heterocycles. The Morgan fingerprint density at radius 3 is 1.18 bits per heavy atom. The molecule has 0 saturated heterocycles. The zero-order valence-corrected chi connectivity index (χ0v) is 23.9. The highest BCUT2D eigenvalue weighted by Crippen LogP contribution is 2.35. The molecule has 0 fully saturated rings. The summed E-state index contributed by atoms with van der Waals surface area (Å²) in [5.41, 5.74) is 7.86. The van der Waals surface area contributed by atoms with E-state index in [-0.39, 0.29) is 0 Å². The second-order valence-electron chi connectivity index (χ2n) is 11.4. The molecule has 0 spiro atoms. The summed E-state index contributed by atoms with van der Waals surface area (Å²) in [5.74, 6) is 0. The Bertz CT molecular complexity index is 2320. The molecule has 0 atom stereocenters. The van der Waals surface area contributed by atoms with Gasteiger partial charge in [0.2, 0.25) is 0 Å². The zero-order chi connectivity index (χ0) is 29.0. The van der Waals surface area contributed by atoms with Gasteiger partial charge in [0.05, 0.1) is 22.8 Å². The summed E-state index contributed by atoms with van der Waals surface area (Å²) in [6, 6.07) is 56.1. The van der Waals surface area contributed by atoms with Gasteiger partial charge in [0, 0.05) is 22.3 Å². The van der Waals surface area contributed by atoms with Gasteiger partial charge in [-0.15, -0.1) is 0 Å². The summed E-state index contributed by atoms with van der Waals surface area (Å²) >= 11 is 0. The van der Waals surface area contributed by atoms with Gasteiger partial charge in [-0.05, 0) is 67.4 Å². The van der Waals surface area contributed by atoms with Gasteiger partial charge in [-0.25, -0.2) is 9.98 Å². The van der Waals surface area contributed by atoms with Crippen molar-refractivity contribution in [2.45, 2.75) is 0 Å². The Balaban J connectivity index is 1.24. The third-order valence-corrected chi connectivity index (χ3v) is 8.82. The molecule has 0 aliphatic carbocycles. The number of nitrogens with zero attached hydrogens (tertiary/aromatic N) is 2. The predicted octanol–water partition coefficient (Wildman–Crippen LogP) is 11.0. The van der Waals surface area contributed by atoms with Crippen molar-refractivity contribution in [3.8, 4) is 0 Å². The van der Waals surface area contributed by atoms with E-state index in [1.54, 1.807) is 0 Å². The summed E-state index contributed by atoms with van der Waals surface area (Å²) in [5, 5.41) is 9.92. The lowest BCUT2D eigenvalue weighted by molar-refractivity contribution is 1.39. The third-order valence-electron chi connectivity index (χ3n) is 8.82. The molecule has 9 rings (SSSR count). The minimum Gasteiger partial charge on any atom is -0.247 e. The van der Waals surface area contributed by atoms with Crippen LogP contribution < -0.4 is 0 Å². The first-order valence-electron chi connectivity index (χ1n) is 15.0. The summed E-state index contributed by atoms with van der Waals surface area (Å²) in [6.45, 7) is 0. The number of rotatable bonds is 2. The number of fused-ring (bicyclic) bond motifs is 8. The van der Waals surface area contributed by atoms with Crippen LogP contribution in [0.1, 0.15) is 22.3 Å². The fourth-order valence-electron chi connectivity index (χ4n) is 6.66. The van der Waals surface area contributed by atoms with Crippen molar-refractivity contribution < 1.29 is 0 Å². The van der Waals surface area contributed by atoms with Gasteiger partial charge in [0.15, 0.2) is 0 Å². The van der Waals surface area contributed by atoms with Gasteiger partial charge >= 0.3 is 0 Å². The van der Waals surface area contributed by atoms with E-state index >= 15 is 0 Å². The van der Waals surface area contributed by atoms with Gasteiger partial charge in [-0.3, -0.25) is 0 Å². The first kappa shape index (κ1) is 24.7. The van der Waals surface area contributed by atoms with Crippen LogP contribution in [-0.2, 0) is 0 Å². The molecule has 44 heavy (non-hydrogen) atoms. The highest BCUT2D eigenvalue weighted by atomic mass is 14.8. The standard InChI is InChI=1S/C42H26N2/c1-3-11-33-27(9-1)17-19-29-25-31(21-23-35(29)33)41-37-13-5-7-15-39(37)44-42(38-14-6-8-16-40(38)43-41)32-22-24-36-30(26-32)20-18-28-10-2-4-12-34(28)36/h1-26H/b41-37?,42-38?,43-40?,43-41-,44-39?,44-42-. The molecule has 8 aromatic rings. The second kappa shape index (κ2) is 9.86. The highest BCUT2D eigenvalue weighted by molar-refractivity contribution is 6.24. The molecule has 1 aliphatic rings. The Kier molecular flexibility index (Phi) is 5.54. The average Bonchev–Trinajstić information content (AvgIpc) is 3.08. The molecule has 2 nitrogen and oxygen atoms in total. The van der Waals surface area contributed by atoms with Crippen LogP contribution in [-0.4, -0.2) is 11.4 Å². The van der Waals surface area contributed by atoms with Crippen molar-refractivity contribution in [2.24, 2.45) is 9.98 Å². The molecule has 8 aromatic carbocycles. The average molecular weight is 559 g/mol. The number of hydrogen-bond donors (Lipinski definition) is 0. The molecule has 1 aliphatic heterocycles. The lowest BCUT2D eigenvalue weighted by atomic mass is 9.93. The van der Waals surface area contributed by atoms with Gasteiger partial charge in [-0.2, -0.15) is 0 Å². The number of hydrogen-bond acceptors (Lipinski definition) is 2. The van der Waals surface area contributed by atoms with E-state index in [0.29, 0.717) is 0 Å². The predicted molar refractivity (Wildman–Crippen MR) is 186 cm³/mol. The lowest BCUT2D eigenvalue weighted by Crippen LogP contribution is -2.10. The minimum atomic E-state index is 0.910. The normalized spacial score (nSPS) is 15.2. The van der Waals surface area contributed by atoms with E-state index in [1.165, 1.54) is 43.1 Å². The van der Waals surface area contributed by atoms with Gasteiger partial charge < -0.3 is 0 Å². The van der Waals surface area contributed by atoms with Gasteiger partial charge in [0.25, 0.3) is 0 Å². The van der Waals surface area contributed by atoms with Gasteiger partial charge in [-0.1, -0.05) is 133 Å². The molecule has 0 unspecified atom stereocenters. The molecular weight excluding hydrogens is 532 g/mol.